The standard InChI is InChI=1S/C25H35N3O6/c1-4-5-6-7-9-20(15-28(32)17-29)24(30)26-16-27-25(31)23-13-12-22(34-23)19-10-8-11-21(14-19)33-18(2)3/h8,10-14,17-18,20,32H,4-7,9,15-16H2,1-3H3,(H,26,30)(H,27,31)/t20-/m1/s1. The molecule has 0 saturated carbocycles. The van der Waals surface area contributed by atoms with Crippen molar-refractivity contribution >= 4 is 18.2 Å². The van der Waals surface area contributed by atoms with Gasteiger partial charge in [0.1, 0.15) is 11.5 Å². The number of carbonyl (C=O) groups is 3. The van der Waals surface area contributed by atoms with Crippen LogP contribution < -0.4 is 15.4 Å². The molecule has 9 heteroatoms. The monoisotopic (exact) mass is 473 g/mol. The molecule has 0 aliphatic heterocycles. The molecular formula is C25H35N3O6. The van der Waals surface area contributed by atoms with Crippen molar-refractivity contribution in [3.8, 4) is 17.1 Å². The topological polar surface area (TPSA) is 121 Å². The van der Waals surface area contributed by atoms with Gasteiger partial charge in [-0.1, -0.05) is 44.7 Å². The molecule has 0 aliphatic carbocycles. The summed E-state index contributed by atoms with van der Waals surface area (Å²) in [6, 6.07) is 10.7. The number of carbonyl (C=O) groups excluding carboxylic acids is 3. The Labute approximate surface area is 200 Å². The van der Waals surface area contributed by atoms with E-state index in [9.17, 15) is 19.6 Å². The summed E-state index contributed by atoms with van der Waals surface area (Å²) >= 11 is 0. The van der Waals surface area contributed by atoms with E-state index in [1.54, 1.807) is 12.1 Å². The third kappa shape index (κ3) is 8.90. The van der Waals surface area contributed by atoms with Gasteiger partial charge in [-0.05, 0) is 44.5 Å². The highest BCUT2D eigenvalue weighted by Crippen LogP contribution is 2.26. The highest BCUT2D eigenvalue weighted by molar-refractivity contribution is 5.92. The summed E-state index contributed by atoms with van der Waals surface area (Å²) in [5.74, 6) is -0.0556. The van der Waals surface area contributed by atoms with E-state index in [4.69, 9.17) is 9.15 Å². The average Bonchev–Trinajstić information content (AvgIpc) is 3.31. The van der Waals surface area contributed by atoms with E-state index in [1.165, 1.54) is 0 Å². The van der Waals surface area contributed by atoms with Crippen molar-refractivity contribution in [3.63, 3.8) is 0 Å². The van der Waals surface area contributed by atoms with Gasteiger partial charge in [0.15, 0.2) is 5.76 Å². The molecule has 0 saturated heterocycles. The number of nitrogens with one attached hydrogen (secondary N) is 2. The molecule has 1 aromatic carbocycles. The molecule has 0 radical (unpaired) electrons. The summed E-state index contributed by atoms with van der Waals surface area (Å²) in [5.41, 5.74) is 0.778. The van der Waals surface area contributed by atoms with Gasteiger partial charge in [0, 0.05) is 5.56 Å². The molecule has 2 aromatic rings. The first-order valence-electron chi connectivity index (χ1n) is 11.7. The molecule has 1 atom stereocenters. The Kier molecular flexibility index (Phi) is 11.1. The van der Waals surface area contributed by atoms with E-state index in [1.807, 2.05) is 38.1 Å². The van der Waals surface area contributed by atoms with Crippen LogP contribution in [-0.2, 0) is 9.59 Å². The van der Waals surface area contributed by atoms with E-state index in [0.717, 1.165) is 31.2 Å². The highest BCUT2D eigenvalue weighted by Gasteiger charge is 2.21. The lowest BCUT2D eigenvalue weighted by atomic mass is 9.99. The zero-order chi connectivity index (χ0) is 24.9. The minimum absolute atomic E-state index is 0.0400. The lowest BCUT2D eigenvalue weighted by Gasteiger charge is -2.19. The smallest absolute Gasteiger partial charge is 0.288 e. The molecule has 3 amide bonds. The summed E-state index contributed by atoms with van der Waals surface area (Å²) in [6.45, 7) is 5.77. The maximum Gasteiger partial charge on any atom is 0.288 e. The van der Waals surface area contributed by atoms with Crippen LogP contribution in [-0.4, -0.2) is 47.8 Å². The Bertz CT molecular complexity index is 927. The van der Waals surface area contributed by atoms with E-state index >= 15 is 0 Å². The number of ether oxygens (including phenoxy) is 1. The second-order valence-electron chi connectivity index (χ2n) is 8.36. The number of amides is 3. The quantitative estimate of drug-likeness (QED) is 0.118. The van der Waals surface area contributed by atoms with Gasteiger partial charge < -0.3 is 19.8 Å². The van der Waals surface area contributed by atoms with Crippen LogP contribution in [0.1, 0.15) is 63.4 Å². The van der Waals surface area contributed by atoms with Crippen LogP contribution in [0.2, 0.25) is 0 Å². The zero-order valence-electron chi connectivity index (χ0n) is 20.1. The Morgan fingerprint density at radius 3 is 2.65 bits per heavy atom. The van der Waals surface area contributed by atoms with Crippen molar-refractivity contribution in [2.24, 2.45) is 5.92 Å². The molecule has 2 rings (SSSR count). The number of benzene rings is 1. The minimum Gasteiger partial charge on any atom is -0.491 e. The molecule has 3 N–H and O–H groups in total. The summed E-state index contributed by atoms with van der Waals surface area (Å²) in [4.78, 5) is 35.7. The third-order valence-corrected chi connectivity index (χ3v) is 5.14. The normalized spacial score (nSPS) is 11.7. The molecule has 0 aliphatic rings. The van der Waals surface area contributed by atoms with Crippen LogP contribution >= 0.6 is 0 Å². The molecule has 9 nitrogen and oxygen atoms in total. The fourth-order valence-corrected chi connectivity index (χ4v) is 3.44. The Morgan fingerprint density at radius 1 is 1.15 bits per heavy atom. The van der Waals surface area contributed by atoms with Crippen LogP contribution in [0.4, 0.5) is 0 Å². The van der Waals surface area contributed by atoms with Gasteiger partial charge in [0.25, 0.3) is 5.91 Å². The largest absolute Gasteiger partial charge is 0.491 e. The van der Waals surface area contributed by atoms with Crippen molar-refractivity contribution in [2.45, 2.75) is 59.0 Å². The van der Waals surface area contributed by atoms with Crippen LogP contribution in [0.5, 0.6) is 5.75 Å². The van der Waals surface area contributed by atoms with Crippen LogP contribution in [0.25, 0.3) is 11.3 Å². The molecule has 186 valence electrons. The molecule has 34 heavy (non-hydrogen) atoms. The fourth-order valence-electron chi connectivity index (χ4n) is 3.44. The first-order valence-corrected chi connectivity index (χ1v) is 11.7. The Morgan fingerprint density at radius 2 is 1.94 bits per heavy atom. The van der Waals surface area contributed by atoms with Crippen LogP contribution in [0.3, 0.4) is 0 Å². The Hall–Kier alpha value is -3.33. The number of hydroxylamine groups is 2. The van der Waals surface area contributed by atoms with Crippen LogP contribution in [0.15, 0.2) is 40.8 Å². The number of rotatable bonds is 15. The van der Waals surface area contributed by atoms with E-state index in [0.29, 0.717) is 23.0 Å². The fraction of sp³-hybridized carbons (Fsp3) is 0.480. The molecule has 0 unspecified atom stereocenters. The van der Waals surface area contributed by atoms with Gasteiger partial charge in [-0.15, -0.1) is 0 Å². The third-order valence-electron chi connectivity index (χ3n) is 5.14. The predicted octanol–water partition coefficient (Wildman–Crippen LogP) is 3.97. The number of furan rings is 1. The van der Waals surface area contributed by atoms with Gasteiger partial charge in [-0.2, -0.15) is 0 Å². The predicted molar refractivity (Wildman–Crippen MR) is 127 cm³/mol. The lowest BCUT2D eigenvalue weighted by molar-refractivity contribution is -0.154. The van der Waals surface area contributed by atoms with E-state index in [-0.39, 0.29) is 37.4 Å². The van der Waals surface area contributed by atoms with Gasteiger partial charge in [-0.25, -0.2) is 5.06 Å². The molecule has 0 spiro atoms. The SMILES string of the molecule is CCCCCC[C@H](CN(O)C=O)C(=O)NCNC(=O)c1ccc(-c2cccc(OC(C)C)c2)o1. The van der Waals surface area contributed by atoms with Crippen molar-refractivity contribution in [2.75, 3.05) is 13.2 Å². The van der Waals surface area contributed by atoms with Gasteiger partial charge >= 0.3 is 0 Å². The van der Waals surface area contributed by atoms with Crippen molar-refractivity contribution in [3.05, 3.63) is 42.2 Å². The highest BCUT2D eigenvalue weighted by atomic mass is 16.5. The number of hydrogen-bond acceptors (Lipinski definition) is 6. The second-order valence-corrected chi connectivity index (χ2v) is 8.36. The first-order chi connectivity index (χ1) is 16.3. The van der Waals surface area contributed by atoms with Crippen molar-refractivity contribution in [1.82, 2.24) is 15.7 Å². The molecular weight excluding hydrogens is 438 g/mol. The summed E-state index contributed by atoms with van der Waals surface area (Å²) < 4.78 is 11.4. The average molecular weight is 474 g/mol. The molecule has 0 fully saturated rings. The maximum atomic E-state index is 12.5. The van der Waals surface area contributed by atoms with Gasteiger partial charge in [0.2, 0.25) is 12.3 Å². The number of nitrogens with zero attached hydrogens (tertiary/aromatic N) is 1. The molecule has 0 bridgehead atoms. The summed E-state index contributed by atoms with van der Waals surface area (Å²) in [6.07, 6.45) is 4.74. The van der Waals surface area contributed by atoms with Crippen molar-refractivity contribution < 1.29 is 28.7 Å². The van der Waals surface area contributed by atoms with Crippen molar-refractivity contribution in [1.29, 1.82) is 0 Å². The molecule has 1 aromatic heterocycles. The number of unbranched alkanes of at least 4 members (excludes halogenated alkanes) is 3. The first kappa shape index (κ1) is 26.9. The second kappa shape index (κ2) is 14.0. The lowest BCUT2D eigenvalue weighted by Crippen LogP contribution is -2.42. The van der Waals surface area contributed by atoms with Gasteiger partial charge in [0.05, 0.1) is 25.2 Å². The Balaban J connectivity index is 1.89. The number of hydrogen-bond donors (Lipinski definition) is 3. The van der Waals surface area contributed by atoms with E-state index in [2.05, 4.69) is 17.6 Å². The molecule has 1 heterocycles. The summed E-state index contributed by atoms with van der Waals surface area (Å²) in [7, 11) is 0. The maximum absolute atomic E-state index is 12.5. The van der Waals surface area contributed by atoms with Crippen LogP contribution in [0, 0.1) is 5.92 Å². The summed E-state index contributed by atoms with van der Waals surface area (Å²) in [5, 5.41) is 15.2. The zero-order valence-corrected chi connectivity index (χ0v) is 20.1. The van der Waals surface area contributed by atoms with E-state index < -0.39 is 11.8 Å². The van der Waals surface area contributed by atoms with Gasteiger partial charge in [-0.3, -0.25) is 19.6 Å². The minimum atomic E-state index is -0.570.